The van der Waals surface area contributed by atoms with Crippen molar-refractivity contribution in [2.45, 2.75) is 23.0 Å². The van der Waals surface area contributed by atoms with Crippen LogP contribution in [0.2, 0.25) is 0 Å². The van der Waals surface area contributed by atoms with Crippen LogP contribution in [0.3, 0.4) is 0 Å². The molecule has 1 aliphatic rings. The summed E-state index contributed by atoms with van der Waals surface area (Å²) < 4.78 is 29.9. The van der Waals surface area contributed by atoms with Crippen molar-refractivity contribution in [2.75, 3.05) is 7.11 Å². The maximum atomic E-state index is 13.0. The van der Waals surface area contributed by atoms with Crippen molar-refractivity contribution in [1.29, 1.82) is 0 Å². The van der Waals surface area contributed by atoms with E-state index in [-0.39, 0.29) is 5.92 Å². The molecule has 0 bridgehead atoms. The Kier molecular flexibility index (Phi) is 3.57. The summed E-state index contributed by atoms with van der Waals surface area (Å²) in [5.74, 6) is -0.822. The van der Waals surface area contributed by atoms with E-state index in [9.17, 15) is 13.4 Å². The monoisotopic (exact) mass is 256 g/mol. The molecule has 2 unspecified atom stereocenters. The minimum Gasteiger partial charge on any atom is -0.468 e. The topological polar surface area (TPSA) is 43.4 Å². The molecule has 1 aliphatic carbocycles. The SMILES string of the molecule is COC(=O)C(C1CC1)S(=O)c1cccc(F)c1. The highest BCUT2D eigenvalue weighted by atomic mass is 32.2. The van der Waals surface area contributed by atoms with E-state index in [1.165, 1.54) is 25.3 Å². The number of benzene rings is 1. The number of methoxy groups -OCH3 is 1. The van der Waals surface area contributed by atoms with Gasteiger partial charge in [-0.3, -0.25) is 9.00 Å². The molecule has 92 valence electrons. The molecule has 1 saturated carbocycles. The summed E-state index contributed by atoms with van der Waals surface area (Å²) in [6.07, 6.45) is 1.75. The van der Waals surface area contributed by atoms with Crippen LogP contribution in [-0.4, -0.2) is 22.5 Å². The first-order valence-corrected chi connectivity index (χ1v) is 6.58. The maximum absolute atomic E-state index is 13.0. The number of rotatable bonds is 4. The number of hydrogen-bond donors (Lipinski definition) is 0. The Morgan fingerprint density at radius 2 is 2.24 bits per heavy atom. The van der Waals surface area contributed by atoms with Crippen molar-refractivity contribution in [2.24, 2.45) is 5.92 Å². The summed E-state index contributed by atoms with van der Waals surface area (Å²) in [5, 5.41) is -0.665. The summed E-state index contributed by atoms with van der Waals surface area (Å²) in [6, 6.07) is 5.54. The molecule has 2 atom stereocenters. The molecule has 0 heterocycles. The normalized spacial score (nSPS) is 18.5. The minimum absolute atomic E-state index is 0.103. The molecule has 1 fully saturated rings. The Hall–Kier alpha value is -1.23. The second kappa shape index (κ2) is 4.96. The molecule has 1 aromatic rings. The molecule has 0 amide bonds. The van der Waals surface area contributed by atoms with Gasteiger partial charge < -0.3 is 4.74 Å². The van der Waals surface area contributed by atoms with Gasteiger partial charge in [0, 0.05) is 4.90 Å². The molecular formula is C12H13FO3S. The number of carbonyl (C=O) groups excluding carboxylic acids is 1. The molecule has 0 N–H and O–H groups in total. The quantitative estimate of drug-likeness (QED) is 0.773. The first kappa shape index (κ1) is 12.2. The predicted molar refractivity (Wildman–Crippen MR) is 61.3 cm³/mol. The van der Waals surface area contributed by atoms with Gasteiger partial charge in [0.2, 0.25) is 0 Å². The summed E-state index contributed by atoms with van der Waals surface area (Å²) in [5.41, 5.74) is 0. The van der Waals surface area contributed by atoms with E-state index in [2.05, 4.69) is 4.74 Å². The van der Waals surface area contributed by atoms with Gasteiger partial charge in [0.15, 0.2) is 0 Å². The summed E-state index contributed by atoms with van der Waals surface area (Å²) in [4.78, 5) is 11.9. The van der Waals surface area contributed by atoms with E-state index in [1.807, 2.05) is 0 Å². The number of carbonyl (C=O) groups is 1. The van der Waals surface area contributed by atoms with E-state index in [0.717, 1.165) is 12.8 Å². The maximum Gasteiger partial charge on any atom is 0.322 e. The van der Waals surface area contributed by atoms with Crippen molar-refractivity contribution in [3.05, 3.63) is 30.1 Å². The van der Waals surface area contributed by atoms with Gasteiger partial charge in [0.05, 0.1) is 17.9 Å². The van der Waals surface area contributed by atoms with Crippen molar-refractivity contribution in [1.82, 2.24) is 0 Å². The Morgan fingerprint density at radius 3 is 2.76 bits per heavy atom. The first-order chi connectivity index (χ1) is 8.13. The second-order valence-corrected chi connectivity index (χ2v) is 5.61. The fraction of sp³-hybridized carbons (Fsp3) is 0.417. The Bertz CT molecular complexity index is 457. The van der Waals surface area contributed by atoms with E-state index >= 15 is 0 Å². The molecule has 1 aromatic carbocycles. The third kappa shape index (κ3) is 2.72. The highest BCUT2D eigenvalue weighted by Crippen LogP contribution is 2.37. The van der Waals surface area contributed by atoms with Crippen LogP contribution in [0.25, 0.3) is 0 Å². The molecule has 0 aromatic heterocycles. The zero-order valence-corrected chi connectivity index (χ0v) is 10.2. The Balaban J connectivity index is 2.24. The van der Waals surface area contributed by atoms with Gasteiger partial charge in [-0.15, -0.1) is 0 Å². The third-order valence-electron chi connectivity index (χ3n) is 2.74. The highest BCUT2D eigenvalue weighted by Gasteiger charge is 2.41. The largest absolute Gasteiger partial charge is 0.468 e. The average Bonchev–Trinajstić information content (AvgIpc) is 3.13. The lowest BCUT2D eigenvalue weighted by Gasteiger charge is -2.13. The van der Waals surface area contributed by atoms with Crippen LogP contribution >= 0.6 is 0 Å². The van der Waals surface area contributed by atoms with Gasteiger partial charge in [0.1, 0.15) is 11.1 Å². The van der Waals surface area contributed by atoms with E-state index in [4.69, 9.17) is 0 Å². The van der Waals surface area contributed by atoms with Crippen LogP contribution in [0.4, 0.5) is 4.39 Å². The number of esters is 1. The van der Waals surface area contributed by atoms with Crippen LogP contribution in [0.15, 0.2) is 29.2 Å². The smallest absolute Gasteiger partial charge is 0.322 e. The van der Waals surface area contributed by atoms with Crippen LogP contribution < -0.4 is 0 Å². The van der Waals surface area contributed by atoms with Crippen molar-refractivity contribution in [3.63, 3.8) is 0 Å². The standard InChI is InChI=1S/C12H13FO3S/c1-16-12(14)11(8-5-6-8)17(15)10-4-2-3-9(13)7-10/h2-4,7-8,11H,5-6H2,1H3. The van der Waals surface area contributed by atoms with E-state index in [0.29, 0.717) is 4.90 Å². The fourth-order valence-electron chi connectivity index (χ4n) is 1.71. The lowest BCUT2D eigenvalue weighted by atomic mass is 10.3. The van der Waals surface area contributed by atoms with Gasteiger partial charge in [-0.2, -0.15) is 0 Å². The first-order valence-electron chi connectivity index (χ1n) is 5.37. The fourth-order valence-corrected chi connectivity index (χ4v) is 3.34. The summed E-state index contributed by atoms with van der Waals surface area (Å²) in [6.45, 7) is 0. The van der Waals surface area contributed by atoms with Gasteiger partial charge >= 0.3 is 5.97 Å². The molecule has 5 heteroatoms. The molecule has 0 radical (unpaired) electrons. The van der Waals surface area contributed by atoms with Gasteiger partial charge in [0.25, 0.3) is 0 Å². The third-order valence-corrected chi connectivity index (χ3v) is 4.50. The summed E-state index contributed by atoms with van der Waals surface area (Å²) >= 11 is 0. The highest BCUT2D eigenvalue weighted by molar-refractivity contribution is 7.86. The second-order valence-electron chi connectivity index (χ2n) is 4.04. The molecular weight excluding hydrogens is 243 g/mol. The lowest BCUT2D eigenvalue weighted by molar-refractivity contribution is -0.140. The number of halogens is 1. The van der Waals surface area contributed by atoms with Gasteiger partial charge in [-0.05, 0) is 37.0 Å². The Morgan fingerprint density at radius 1 is 1.53 bits per heavy atom. The van der Waals surface area contributed by atoms with Crippen molar-refractivity contribution >= 4 is 16.8 Å². The Labute approximate surface area is 101 Å². The molecule has 0 spiro atoms. The van der Waals surface area contributed by atoms with Crippen LogP contribution in [-0.2, 0) is 20.3 Å². The van der Waals surface area contributed by atoms with Gasteiger partial charge in [-0.1, -0.05) is 6.07 Å². The molecule has 3 nitrogen and oxygen atoms in total. The summed E-state index contributed by atoms with van der Waals surface area (Å²) in [7, 11) is -0.265. The van der Waals surface area contributed by atoms with E-state index < -0.39 is 27.8 Å². The number of ether oxygens (including phenoxy) is 1. The van der Waals surface area contributed by atoms with Crippen LogP contribution in [0.5, 0.6) is 0 Å². The number of hydrogen-bond acceptors (Lipinski definition) is 3. The lowest BCUT2D eigenvalue weighted by Crippen LogP contribution is -2.29. The minimum atomic E-state index is -1.54. The zero-order chi connectivity index (χ0) is 12.4. The zero-order valence-electron chi connectivity index (χ0n) is 9.39. The van der Waals surface area contributed by atoms with Crippen molar-refractivity contribution < 1.29 is 18.1 Å². The molecule has 0 saturated heterocycles. The van der Waals surface area contributed by atoms with Crippen LogP contribution in [0.1, 0.15) is 12.8 Å². The van der Waals surface area contributed by atoms with Crippen molar-refractivity contribution in [3.8, 4) is 0 Å². The molecule has 2 rings (SSSR count). The average molecular weight is 256 g/mol. The van der Waals surface area contributed by atoms with Crippen LogP contribution in [0, 0.1) is 11.7 Å². The van der Waals surface area contributed by atoms with Gasteiger partial charge in [-0.25, -0.2) is 4.39 Å². The van der Waals surface area contributed by atoms with E-state index in [1.54, 1.807) is 6.07 Å². The molecule has 0 aliphatic heterocycles. The predicted octanol–water partition coefficient (Wildman–Crippen LogP) is 1.88. The molecule has 17 heavy (non-hydrogen) atoms.